The largest absolute Gasteiger partial charge is 0.481 e. The van der Waals surface area contributed by atoms with Gasteiger partial charge in [0, 0.05) is 0 Å². The molecule has 1 saturated carbocycles. The number of hydrogen-bond acceptors (Lipinski definition) is 3. The zero-order valence-electron chi connectivity index (χ0n) is 15.9. The van der Waals surface area contributed by atoms with Crippen LogP contribution in [0.15, 0.2) is 24.3 Å². The van der Waals surface area contributed by atoms with Crippen LogP contribution >= 0.6 is 0 Å². The molecule has 4 nitrogen and oxygen atoms in total. The molecule has 3 N–H and O–H groups in total. The van der Waals surface area contributed by atoms with Gasteiger partial charge in [0.1, 0.15) is 0 Å². The minimum atomic E-state index is -0.837. The molecule has 0 unspecified atom stereocenters. The number of unbranched alkanes of at least 4 members (excludes halogenated alkanes) is 2. The summed E-state index contributed by atoms with van der Waals surface area (Å²) in [5, 5.41) is 29.1. The van der Waals surface area contributed by atoms with Crippen LogP contribution in [0, 0.1) is 17.3 Å². The van der Waals surface area contributed by atoms with E-state index in [2.05, 4.69) is 6.92 Å². The summed E-state index contributed by atoms with van der Waals surface area (Å²) < 4.78 is 0. The van der Waals surface area contributed by atoms with Crippen molar-refractivity contribution >= 4 is 5.97 Å². The van der Waals surface area contributed by atoms with Crippen LogP contribution in [0.5, 0.6) is 0 Å². The molecule has 0 aromatic carbocycles. The second-order valence-corrected chi connectivity index (χ2v) is 7.51. The smallest absolute Gasteiger partial charge is 0.310 e. The summed E-state index contributed by atoms with van der Waals surface area (Å²) in [6.45, 7) is 3.95. The molecule has 1 fully saturated rings. The maximum absolute atomic E-state index is 12.2. The number of allylic oxidation sites excluding steroid dienone is 2. The van der Waals surface area contributed by atoms with Gasteiger partial charge in [0.15, 0.2) is 0 Å². The number of aliphatic carboxylic acids is 1. The Labute approximate surface area is 152 Å². The van der Waals surface area contributed by atoms with E-state index in [-0.39, 0.29) is 18.4 Å². The van der Waals surface area contributed by atoms with Gasteiger partial charge in [-0.1, -0.05) is 63.3 Å². The van der Waals surface area contributed by atoms with Crippen molar-refractivity contribution in [1.82, 2.24) is 0 Å². The van der Waals surface area contributed by atoms with Crippen molar-refractivity contribution in [2.45, 2.75) is 77.7 Å². The Kier molecular flexibility index (Phi) is 10.1. The number of hydrogen-bond donors (Lipinski definition) is 3. The fourth-order valence-electron chi connectivity index (χ4n) is 3.96. The summed E-state index contributed by atoms with van der Waals surface area (Å²) in [6.07, 6.45) is 15.3. The molecule has 1 aliphatic rings. The third-order valence-electron chi connectivity index (χ3n) is 5.77. The average Bonchev–Trinajstić information content (AvgIpc) is 3.12. The van der Waals surface area contributed by atoms with Crippen LogP contribution in [0.1, 0.15) is 71.6 Å². The molecule has 144 valence electrons. The third-order valence-corrected chi connectivity index (χ3v) is 5.77. The predicted molar refractivity (Wildman–Crippen MR) is 101 cm³/mol. The molecule has 0 radical (unpaired) electrons. The van der Waals surface area contributed by atoms with E-state index < -0.39 is 17.5 Å². The van der Waals surface area contributed by atoms with Crippen LogP contribution in [0.25, 0.3) is 0 Å². The van der Waals surface area contributed by atoms with Gasteiger partial charge < -0.3 is 15.3 Å². The van der Waals surface area contributed by atoms with Crippen LogP contribution in [-0.4, -0.2) is 34.0 Å². The fourth-order valence-corrected chi connectivity index (χ4v) is 3.96. The normalized spacial score (nSPS) is 21.0. The van der Waals surface area contributed by atoms with E-state index in [4.69, 9.17) is 5.11 Å². The Morgan fingerprint density at radius 3 is 2.44 bits per heavy atom. The number of carboxylic acids is 1. The van der Waals surface area contributed by atoms with Crippen LogP contribution in [0.4, 0.5) is 0 Å². The van der Waals surface area contributed by atoms with Crippen LogP contribution < -0.4 is 0 Å². The van der Waals surface area contributed by atoms with Gasteiger partial charge in [-0.25, -0.2) is 0 Å². The van der Waals surface area contributed by atoms with Gasteiger partial charge in [-0.3, -0.25) is 4.79 Å². The van der Waals surface area contributed by atoms with E-state index in [1.165, 1.54) is 0 Å². The second-order valence-electron chi connectivity index (χ2n) is 7.51. The standard InChI is InChI=1S/C21H36O4/c1-3-4-5-13-19(23)15-14-18(12-8-9-16-22)21(2,20(24)25)17-10-6-7-11-17/h8-9,14-15,17-19,22-23H,3-7,10-13,16H2,1-2H3,(H,24,25)/b9-8+,15-14-/t18-,19-,21+/m0/s1. The molecular formula is C21H36O4. The Morgan fingerprint density at radius 1 is 1.20 bits per heavy atom. The molecule has 0 bridgehead atoms. The van der Waals surface area contributed by atoms with E-state index in [1.54, 1.807) is 12.2 Å². The number of carbonyl (C=O) groups is 1. The summed E-state index contributed by atoms with van der Waals surface area (Å²) in [6, 6.07) is 0. The molecular weight excluding hydrogens is 316 g/mol. The molecule has 0 aromatic heterocycles. The summed E-state index contributed by atoms with van der Waals surface area (Å²) >= 11 is 0. The molecule has 0 amide bonds. The number of aliphatic hydroxyl groups is 2. The fraction of sp³-hybridized carbons (Fsp3) is 0.762. The highest BCUT2D eigenvalue weighted by molar-refractivity contribution is 5.75. The van der Waals surface area contributed by atoms with Crippen molar-refractivity contribution in [2.24, 2.45) is 17.3 Å². The second kappa shape index (κ2) is 11.5. The first-order valence-corrected chi connectivity index (χ1v) is 9.82. The van der Waals surface area contributed by atoms with Gasteiger partial charge in [0.2, 0.25) is 0 Å². The highest BCUT2D eigenvalue weighted by Gasteiger charge is 2.47. The number of rotatable bonds is 12. The lowest BCUT2D eigenvalue weighted by Gasteiger charge is -2.37. The van der Waals surface area contributed by atoms with Crippen molar-refractivity contribution in [2.75, 3.05) is 6.61 Å². The average molecular weight is 353 g/mol. The molecule has 4 heteroatoms. The van der Waals surface area contributed by atoms with Crippen LogP contribution in [0.3, 0.4) is 0 Å². The SMILES string of the molecule is CCCCC[C@H](O)/C=C\[C@H](C/C=C/CO)[C@](C)(C(=O)O)C1CCCC1. The highest BCUT2D eigenvalue weighted by Crippen LogP contribution is 2.47. The highest BCUT2D eigenvalue weighted by atomic mass is 16.4. The number of carboxylic acid groups (broad SMARTS) is 1. The molecule has 0 spiro atoms. The minimum absolute atomic E-state index is 0.0384. The van der Waals surface area contributed by atoms with E-state index in [0.717, 1.165) is 51.4 Å². The van der Waals surface area contributed by atoms with Gasteiger partial charge >= 0.3 is 5.97 Å². The van der Waals surface area contributed by atoms with Crippen LogP contribution in [0.2, 0.25) is 0 Å². The van der Waals surface area contributed by atoms with Crippen molar-refractivity contribution in [3.8, 4) is 0 Å². The van der Waals surface area contributed by atoms with E-state index >= 15 is 0 Å². The molecule has 3 atom stereocenters. The molecule has 25 heavy (non-hydrogen) atoms. The first-order chi connectivity index (χ1) is 12.0. The maximum Gasteiger partial charge on any atom is 0.310 e. The van der Waals surface area contributed by atoms with Crippen molar-refractivity contribution in [3.63, 3.8) is 0 Å². The van der Waals surface area contributed by atoms with Gasteiger partial charge in [0.25, 0.3) is 0 Å². The van der Waals surface area contributed by atoms with Gasteiger partial charge in [0.05, 0.1) is 18.1 Å². The van der Waals surface area contributed by atoms with Crippen molar-refractivity contribution < 1.29 is 20.1 Å². The summed E-state index contributed by atoms with van der Waals surface area (Å²) in [5.74, 6) is -0.775. The maximum atomic E-state index is 12.2. The Bertz CT molecular complexity index is 437. The zero-order chi connectivity index (χ0) is 18.7. The van der Waals surface area contributed by atoms with E-state index in [0.29, 0.717) is 6.42 Å². The monoisotopic (exact) mass is 352 g/mol. The van der Waals surface area contributed by atoms with Crippen LogP contribution in [-0.2, 0) is 4.79 Å². The molecule has 1 rings (SSSR count). The molecule has 0 saturated heterocycles. The summed E-state index contributed by atoms with van der Waals surface area (Å²) in [7, 11) is 0. The zero-order valence-corrected chi connectivity index (χ0v) is 15.9. The first-order valence-electron chi connectivity index (χ1n) is 9.82. The van der Waals surface area contributed by atoms with E-state index in [1.807, 2.05) is 19.1 Å². The van der Waals surface area contributed by atoms with Gasteiger partial charge in [-0.2, -0.15) is 0 Å². The topological polar surface area (TPSA) is 77.8 Å². The molecule has 0 aliphatic heterocycles. The van der Waals surface area contributed by atoms with Crippen molar-refractivity contribution in [3.05, 3.63) is 24.3 Å². The first kappa shape index (κ1) is 21.9. The summed E-state index contributed by atoms with van der Waals surface area (Å²) in [4.78, 5) is 12.2. The molecule has 0 aromatic rings. The van der Waals surface area contributed by atoms with E-state index in [9.17, 15) is 15.0 Å². The predicted octanol–water partition coefficient (Wildman–Crippen LogP) is 4.32. The lowest BCUT2D eigenvalue weighted by molar-refractivity contribution is -0.154. The van der Waals surface area contributed by atoms with Gasteiger partial charge in [-0.05, 0) is 44.4 Å². The number of aliphatic hydroxyl groups excluding tert-OH is 2. The third kappa shape index (κ3) is 6.59. The Hall–Kier alpha value is -1.13. The molecule has 0 heterocycles. The Balaban J connectivity index is 2.91. The lowest BCUT2D eigenvalue weighted by atomic mass is 9.65. The quantitative estimate of drug-likeness (QED) is 0.361. The summed E-state index contributed by atoms with van der Waals surface area (Å²) in [5.41, 5.74) is -0.837. The van der Waals surface area contributed by atoms with Gasteiger partial charge in [-0.15, -0.1) is 0 Å². The minimum Gasteiger partial charge on any atom is -0.481 e. The lowest BCUT2D eigenvalue weighted by Crippen LogP contribution is -2.41. The Morgan fingerprint density at radius 2 is 1.88 bits per heavy atom. The molecule has 1 aliphatic carbocycles. The van der Waals surface area contributed by atoms with Crippen molar-refractivity contribution in [1.29, 1.82) is 0 Å².